The summed E-state index contributed by atoms with van der Waals surface area (Å²) < 4.78 is -0.170. The number of carbonyl (C=O) groups excluding carboxylic acids is 1. The van der Waals surface area contributed by atoms with E-state index in [0.717, 1.165) is 5.69 Å². The monoisotopic (exact) mass is 199 g/mol. The Hall–Kier alpha value is -0.700. The predicted octanol–water partition coefficient (Wildman–Crippen LogP) is 1.93. The lowest BCUT2D eigenvalue weighted by Gasteiger charge is -1.92. The Bertz CT molecular complexity index is 260. The summed E-state index contributed by atoms with van der Waals surface area (Å²) >= 11 is 2.82. The van der Waals surface area contributed by atoms with Gasteiger partial charge >= 0.3 is 0 Å². The van der Waals surface area contributed by atoms with Crippen molar-refractivity contribution in [3.05, 3.63) is 29.6 Å². The molecule has 0 saturated heterocycles. The van der Waals surface area contributed by atoms with Crippen LogP contribution >= 0.6 is 15.9 Å². The molecule has 0 aromatic carbocycles. The lowest BCUT2D eigenvalue weighted by Crippen LogP contribution is -1.93. The molecule has 0 aliphatic heterocycles. The van der Waals surface area contributed by atoms with E-state index in [1.165, 1.54) is 0 Å². The van der Waals surface area contributed by atoms with Crippen LogP contribution in [-0.2, 0) is 0 Å². The number of carbonyl (C=O) groups is 1. The summed E-state index contributed by atoms with van der Waals surface area (Å²) in [6, 6.07) is 5.32. The highest BCUT2D eigenvalue weighted by molar-refractivity contribution is 9.18. The van der Waals surface area contributed by atoms with Gasteiger partial charge in [0.05, 0.1) is 0 Å². The van der Waals surface area contributed by atoms with Crippen molar-refractivity contribution in [2.75, 3.05) is 0 Å². The smallest absolute Gasteiger partial charge is 0.246 e. The number of hydrogen-bond donors (Lipinski definition) is 0. The highest BCUT2D eigenvalue weighted by Gasteiger charge is 2.00. The molecule has 0 atom stereocenters. The zero-order valence-electron chi connectivity index (χ0n) is 5.47. The normalized spacial score (nSPS) is 9.40. The van der Waals surface area contributed by atoms with E-state index in [4.69, 9.17) is 0 Å². The first-order valence-electron chi connectivity index (χ1n) is 2.83. The summed E-state index contributed by atoms with van der Waals surface area (Å²) in [4.78, 5) is 14.6. The first-order valence-corrected chi connectivity index (χ1v) is 3.63. The molecule has 0 aliphatic carbocycles. The van der Waals surface area contributed by atoms with Crippen LogP contribution in [0.5, 0.6) is 0 Å². The third-order valence-electron chi connectivity index (χ3n) is 1.09. The van der Waals surface area contributed by atoms with Crippen molar-refractivity contribution in [3.63, 3.8) is 0 Å². The maximum atomic E-state index is 10.7. The van der Waals surface area contributed by atoms with Crippen LogP contribution < -0.4 is 0 Å². The van der Waals surface area contributed by atoms with Gasteiger partial charge in [-0.15, -0.1) is 0 Å². The van der Waals surface area contributed by atoms with Crippen LogP contribution in [0, 0.1) is 6.92 Å². The topological polar surface area (TPSA) is 30.0 Å². The number of hydrogen-bond acceptors (Lipinski definition) is 2. The van der Waals surface area contributed by atoms with Gasteiger partial charge in [0.25, 0.3) is 0 Å². The van der Waals surface area contributed by atoms with Gasteiger partial charge < -0.3 is 0 Å². The third kappa shape index (κ3) is 1.64. The van der Waals surface area contributed by atoms with Crippen LogP contribution in [0.2, 0.25) is 0 Å². The standard InChI is InChI=1S/C7H6BrNO/c1-5-3-2-4-6(9-5)7(8)10/h2-4H,1H3. The summed E-state index contributed by atoms with van der Waals surface area (Å²) in [5.74, 6) is 0. The molecule has 0 amide bonds. The van der Waals surface area contributed by atoms with E-state index in [0.29, 0.717) is 5.69 Å². The molecule has 0 bridgehead atoms. The van der Waals surface area contributed by atoms with Crippen LogP contribution in [0.1, 0.15) is 16.2 Å². The molecule has 1 aromatic rings. The number of aryl methyl sites for hydroxylation is 1. The van der Waals surface area contributed by atoms with E-state index >= 15 is 0 Å². The average Bonchev–Trinajstić information content (AvgIpc) is 1.88. The van der Waals surface area contributed by atoms with Crippen LogP contribution in [-0.4, -0.2) is 9.68 Å². The predicted molar refractivity (Wildman–Crippen MR) is 42.2 cm³/mol. The number of nitrogens with zero attached hydrogens (tertiary/aromatic N) is 1. The Morgan fingerprint density at radius 3 is 2.70 bits per heavy atom. The quantitative estimate of drug-likeness (QED) is 0.648. The second-order valence-electron chi connectivity index (χ2n) is 1.94. The fourth-order valence-electron chi connectivity index (χ4n) is 0.653. The van der Waals surface area contributed by atoms with Gasteiger partial charge in [-0.05, 0) is 35.0 Å². The van der Waals surface area contributed by atoms with Crippen molar-refractivity contribution in [3.8, 4) is 0 Å². The molecular formula is C7H6BrNO. The summed E-state index contributed by atoms with van der Waals surface area (Å²) in [6.45, 7) is 1.85. The molecule has 0 radical (unpaired) electrons. The summed E-state index contributed by atoms with van der Waals surface area (Å²) in [7, 11) is 0. The van der Waals surface area contributed by atoms with Crippen molar-refractivity contribution < 1.29 is 4.79 Å². The van der Waals surface area contributed by atoms with Gasteiger partial charge in [0.2, 0.25) is 4.69 Å². The minimum Gasteiger partial charge on any atom is -0.279 e. The Labute approximate surface area is 67.4 Å². The SMILES string of the molecule is Cc1cccc(C(=O)Br)n1. The molecule has 0 unspecified atom stereocenters. The molecular weight excluding hydrogens is 194 g/mol. The Balaban J connectivity index is 3.07. The Morgan fingerprint density at radius 2 is 2.30 bits per heavy atom. The average molecular weight is 200 g/mol. The lowest BCUT2D eigenvalue weighted by molar-refractivity contribution is 0.109. The molecule has 0 spiro atoms. The van der Waals surface area contributed by atoms with Gasteiger partial charge in [-0.2, -0.15) is 0 Å². The van der Waals surface area contributed by atoms with E-state index in [9.17, 15) is 4.79 Å². The zero-order valence-corrected chi connectivity index (χ0v) is 7.05. The van der Waals surface area contributed by atoms with Crippen LogP contribution in [0.15, 0.2) is 18.2 Å². The number of aromatic nitrogens is 1. The second kappa shape index (κ2) is 2.92. The first-order chi connectivity index (χ1) is 4.70. The van der Waals surface area contributed by atoms with Gasteiger partial charge in [-0.3, -0.25) is 4.79 Å². The Kier molecular flexibility index (Phi) is 2.17. The van der Waals surface area contributed by atoms with Crippen molar-refractivity contribution >= 4 is 20.6 Å². The molecule has 2 nitrogen and oxygen atoms in total. The number of rotatable bonds is 1. The molecule has 1 heterocycles. The molecule has 1 rings (SSSR count). The van der Waals surface area contributed by atoms with E-state index in [-0.39, 0.29) is 4.69 Å². The minimum absolute atomic E-state index is 0.170. The van der Waals surface area contributed by atoms with Crippen molar-refractivity contribution in [2.24, 2.45) is 0 Å². The third-order valence-corrected chi connectivity index (χ3v) is 1.50. The van der Waals surface area contributed by atoms with E-state index in [1.54, 1.807) is 12.1 Å². The van der Waals surface area contributed by atoms with E-state index in [2.05, 4.69) is 20.9 Å². The molecule has 52 valence electrons. The Morgan fingerprint density at radius 1 is 1.60 bits per heavy atom. The molecule has 0 fully saturated rings. The molecule has 3 heteroatoms. The molecule has 1 aromatic heterocycles. The summed E-state index contributed by atoms with van der Waals surface area (Å²) in [5.41, 5.74) is 1.31. The van der Waals surface area contributed by atoms with E-state index in [1.807, 2.05) is 13.0 Å². The van der Waals surface area contributed by atoms with Crippen LogP contribution in [0.4, 0.5) is 0 Å². The fraction of sp³-hybridized carbons (Fsp3) is 0.143. The van der Waals surface area contributed by atoms with Crippen LogP contribution in [0.3, 0.4) is 0 Å². The first kappa shape index (κ1) is 7.41. The van der Waals surface area contributed by atoms with Gasteiger partial charge in [0.1, 0.15) is 5.69 Å². The van der Waals surface area contributed by atoms with Crippen molar-refractivity contribution in [1.82, 2.24) is 4.98 Å². The highest BCUT2D eigenvalue weighted by atomic mass is 79.9. The minimum atomic E-state index is -0.170. The van der Waals surface area contributed by atoms with Crippen molar-refractivity contribution in [2.45, 2.75) is 6.92 Å². The zero-order chi connectivity index (χ0) is 7.56. The lowest BCUT2D eigenvalue weighted by atomic mass is 10.3. The van der Waals surface area contributed by atoms with Gasteiger partial charge in [-0.1, -0.05) is 6.07 Å². The number of halogens is 1. The molecule has 0 aliphatic rings. The van der Waals surface area contributed by atoms with Crippen LogP contribution in [0.25, 0.3) is 0 Å². The van der Waals surface area contributed by atoms with E-state index < -0.39 is 0 Å². The maximum absolute atomic E-state index is 10.7. The maximum Gasteiger partial charge on any atom is 0.246 e. The second-order valence-corrected chi connectivity index (χ2v) is 2.66. The van der Waals surface area contributed by atoms with Gasteiger partial charge in [0.15, 0.2) is 0 Å². The van der Waals surface area contributed by atoms with Crippen molar-refractivity contribution in [1.29, 1.82) is 0 Å². The molecule has 10 heavy (non-hydrogen) atoms. The largest absolute Gasteiger partial charge is 0.279 e. The summed E-state index contributed by atoms with van der Waals surface area (Å²) in [6.07, 6.45) is 0. The highest BCUT2D eigenvalue weighted by Crippen LogP contribution is 2.02. The summed E-state index contributed by atoms with van der Waals surface area (Å²) in [5, 5.41) is 0. The van der Waals surface area contributed by atoms with Gasteiger partial charge in [-0.25, -0.2) is 4.98 Å². The fourth-order valence-corrected chi connectivity index (χ4v) is 0.873. The molecule has 0 N–H and O–H groups in total. The molecule has 0 saturated carbocycles. The van der Waals surface area contributed by atoms with Gasteiger partial charge in [0, 0.05) is 5.69 Å². The number of pyridine rings is 1.